The minimum atomic E-state index is -1.14. The maximum atomic E-state index is 12.2. The fraction of sp³-hybridized carbons (Fsp3) is 0.250. The van der Waals surface area contributed by atoms with Crippen LogP contribution in [0.3, 0.4) is 0 Å². The summed E-state index contributed by atoms with van der Waals surface area (Å²) in [5.41, 5.74) is 4.38. The van der Waals surface area contributed by atoms with Crippen molar-refractivity contribution >= 4 is 18.0 Å². The van der Waals surface area contributed by atoms with Crippen molar-refractivity contribution < 1.29 is 24.2 Å². The summed E-state index contributed by atoms with van der Waals surface area (Å²) in [4.78, 5) is 35.2. The molecule has 1 fully saturated rings. The minimum Gasteiger partial charge on any atom is -0.481 e. The van der Waals surface area contributed by atoms with Gasteiger partial charge < -0.3 is 20.5 Å². The molecule has 1 heterocycles. The number of hydrogen-bond acceptors (Lipinski definition) is 4. The lowest BCUT2D eigenvalue weighted by Crippen LogP contribution is -2.46. The van der Waals surface area contributed by atoms with Crippen LogP contribution >= 0.6 is 0 Å². The Kier molecular flexibility index (Phi) is 4.27. The molecule has 1 aliphatic carbocycles. The maximum absolute atomic E-state index is 12.2. The molecular weight excluding hydrogens is 348 g/mol. The molecule has 2 amide bonds. The fourth-order valence-corrected chi connectivity index (χ4v) is 3.78. The Balaban J connectivity index is 1.47. The average molecular weight is 366 g/mol. The van der Waals surface area contributed by atoms with Crippen molar-refractivity contribution in [2.24, 2.45) is 5.92 Å². The van der Waals surface area contributed by atoms with Gasteiger partial charge in [-0.15, -0.1) is 0 Å². The second-order valence-electron chi connectivity index (χ2n) is 6.64. The van der Waals surface area contributed by atoms with E-state index in [0.29, 0.717) is 0 Å². The maximum Gasteiger partial charge on any atom is 0.407 e. The van der Waals surface area contributed by atoms with Gasteiger partial charge in [-0.2, -0.15) is 0 Å². The number of rotatable bonds is 4. The Labute approximate surface area is 155 Å². The van der Waals surface area contributed by atoms with Gasteiger partial charge >= 0.3 is 12.1 Å². The molecule has 2 atom stereocenters. The van der Waals surface area contributed by atoms with Crippen LogP contribution in [0.2, 0.25) is 0 Å². The van der Waals surface area contributed by atoms with E-state index in [1.54, 1.807) is 0 Å². The van der Waals surface area contributed by atoms with Gasteiger partial charge in [-0.3, -0.25) is 9.59 Å². The first kappa shape index (κ1) is 17.1. The smallest absolute Gasteiger partial charge is 0.407 e. The van der Waals surface area contributed by atoms with E-state index in [1.165, 1.54) is 0 Å². The summed E-state index contributed by atoms with van der Waals surface area (Å²) >= 11 is 0. The Morgan fingerprint density at radius 1 is 1.07 bits per heavy atom. The van der Waals surface area contributed by atoms with Gasteiger partial charge in [0.05, 0.1) is 0 Å². The van der Waals surface area contributed by atoms with Crippen LogP contribution in [0.4, 0.5) is 4.79 Å². The highest BCUT2D eigenvalue weighted by molar-refractivity contribution is 5.93. The lowest BCUT2D eigenvalue weighted by molar-refractivity contribution is -0.142. The molecule has 1 saturated heterocycles. The quantitative estimate of drug-likeness (QED) is 0.764. The highest BCUT2D eigenvalue weighted by Gasteiger charge is 2.41. The Hall–Kier alpha value is -3.35. The molecule has 7 nitrogen and oxygen atoms in total. The molecule has 4 rings (SSSR count). The second-order valence-corrected chi connectivity index (χ2v) is 6.64. The van der Waals surface area contributed by atoms with E-state index in [4.69, 9.17) is 9.84 Å². The largest absolute Gasteiger partial charge is 0.481 e. The summed E-state index contributed by atoms with van der Waals surface area (Å²) in [6.45, 7) is 0.0917. The molecule has 0 bridgehead atoms. The van der Waals surface area contributed by atoms with E-state index in [2.05, 4.69) is 10.6 Å². The van der Waals surface area contributed by atoms with Crippen molar-refractivity contribution in [1.82, 2.24) is 10.6 Å². The number of carboxylic acid groups (broad SMARTS) is 1. The number of carboxylic acids is 1. The predicted molar refractivity (Wildman–Crippen MR) is 96.1 cm³/mol. The lowest BCUT2D eigenvalue weighted by Gasteiger charge is -2.17. The SMILES string of the molecule is O=C(N[C@@H]1C(=O)NC[C@H]1C(=O)O)OCC1c2ccccc2-c2ccccc21. The molecule has 1 aliphatic heterocycles. The summed E-state index contributed by atoms with van der Waals surface area (Å²) in [5.74, 6) is -2.76. The number of aliphatic carboxylic acids is 1. The van der Waals surface area contributed by atoms with Crippen molar-refractivity contribution in [2.45, 2.75) is 12.0 Å². The Bertz CT molecular complexity index is 881. The molecule has 0 radical (unpaired) electrons. The van der Waals surface area contributed by atoms with E-state index in [-0.39, 0.29) is 19.1 Å². The summed E-state index contributed by atoms with van der Waals surface area (Å²) in [5, 5.41) is 14.0. The zero-order chi connectivity index (χ0) is 19.0. The molecular formula is C20H18N2O5. The van der Waals surface area contributed by atoms with Gasteiger partial charge in [-0.1, -0.05) is 48.5 Å². The van der Waals surface area contributed by atoms with Gasteiger partial charge in [-0.25, -0.2) is 4.79 Å². The van der Waals surface area contributed by atoms with Gasteiger partial charge in [0, 0.05) is 12.5 Å². The van der Waals surface area contributed by atoms with Gasteiger partial charge in [0.15, 0.2) is 0 Å². The molecule has 7 heteroatoms. The molecule has 0 aromatic heterocycles. The lowest BCUT2D eigenvalue weighted by atomic mass is 9.98. The minimum absolute atomic E-state index is 0.0114. The van der Waals surface area contributed by atoms with E-state index >= 15 is 0 Å². The summed E-state index contributed by atoms with van der Waals surface area (Å²) in [7, 11) is 0. The number of benzene rings is 2. The number of nitrogens with one attached hydrogen (secondary N) is 2. The van der Waals surface area contributed by atoms with Gasteiger partial charge in [0.25, 0.3) is 0 Å². The summed E-state index contributed by atoms with van der Waals surface area (Å²) in [6, 6.07) is 14.8. The molecule has 2 aromatic carbocycles. The van der Waals surface area contributed by atoms with E-state index in [1.807, 2.05) is 48.5 Å². The number of carbonyl (C=O) groups excluding carboxylic acids is 2. The third-order valence-corrected chi connectivity index (χ3v) is 5.12. The predicted octanol–water partition coefficient (Wildman–Crippen LogP) is 1.72. The number of carbonyl (C=O) groups is 3. The number of hydrogen-bond donors (Lipinski definition) is 3. The number of alkyl carbamates (subject to hydrolysis) is 1. The van der Waals surface area contributed by atoms with E-state index < -0.39 is 29.9 Å². The monoisotopic (exact) mass is 366 g/mol. The molecule has 138 valence electrons. The van der Waals surface area contributed by atoms with Crippen LogP contribution in [0, 0.1) is 5.92 Å². The highest BCUT2D eigenvalue weighted by Crippen LogP contribution is 2.44. The molecule has 0 spiro atoms. The van der Waals surface area contributed by atoms with Crippen molar-refractivity contribution in [3.63, 3.8) is 0 Å². The first-order valence-corrected chi connectivity index (χ1v) is 8.68. The molecule has 3 N–H and O–H groups in total. The number of fused-ring (bicyclic) bond motifs is 3. The van der Waals surface area contributed by atoms with Crippen LogP contribution in [0.1, 0.15) is 17.0 Å². The average Bonchev–Trinajstić information content (AvgIpc) is 3.19. The van der Waals surface area contributed by atoms with Crippen molar-refractivity contribution in [3.8, 4) is 11.1 Å². The van der Waals surface area contributed by atoms with Crippen molar-refractivity contribution in [1.29, 1.82) is 0 Å². The van der Waals surface area contributed by atoms with Gasteiger partial charge in [0.1, 0.15) is 18.6 Å². The second kappa shape index (κ2) is 6.75. The van der Waals surface area contributed by atoms with Crippen molar-refractivity contribution in [3.05, 3.63) is 59.7 Å². The normalized spacial score (nSPS) is 20.5. The van der Waals surface area contributed by atoms with Crippen LogP contribution in [-0.4, -0.2) is 42.3 Å². The molecule has 2 aromatic rings. The van der Waals surface area contributed by atoms with Crippen molar-refractivity contribution in [2.75, 3.05) is 13.2 Å². The van der Waals surface area contributed by atoms with Crippen LogP contribution < -0.4 is 10.6 Å². The topological polar surface area (TPSA) is 105 Å². The Morgan fingerprint density at radius 3 is 2.26 bits per heavy atom. The fourth-order valence-electron chi connectivity index (χ4n) is 3.78. The zero-order valence-corrected chi connectivity index (χ0v) is 14.3. The van der Waals surface area contributed by atoms with E-state index in [0.717, 1.165) is 22.3 Å². The summed E-state index contributed by atoms with van der Waals surface area (Å²) < 4.78 is 5.36. The van der Waals surface area contributed by atoms with Crippen LogP contribution in [0.5, 0.6) is 0 Å². The molecule has 0 unspecified atom stereocenters. The molecule has 2 aliphatic rings. The number of amides is 2. The Morgan fingerprint density at radius 2 is 1.67 bits per heavy atom. The van der Waals surface area contributed by atoms with Crippen LogP contribution in [0.25, 0.3) is 11.1 Å². The standard InChI is InChI=1S/C20H18N2O5/c23-18-17(15(9-21-18)19(24)25)22-20(26)27-10-16-13-7-3-1-5-11(13)12-6-2-4-8-14(12)16/h1-8,15-17H,9-10H2,(H,21,23)(H,22,26)(H,24,25)/t15-,17+/m1/s1. The molecule has 27 heavy (non-hydrogen) atoms. The first-order chi connectivity index (χ1) is 13.1. The van der Waals surface area contributed by atoms with Crippen LogP contribution in [0.15, 0.2) is 48.5 Å². The van der Waals surface area contributed by atoms with Gasteiger partial charge in [0.2, 0.25) is 5.91 Å². The van der Waals surface area contributed by atoms with E-state index in [9.17, 15) is 14.4 Å². The van der Waals surface area contributed by atoms with Crippen LogP contribution in [-0.2, 0) is 14.3 Å². The molecule has 0 saturated carbocycles. The third kappa shape index (κ3) is 3.01. The zero-order valence-electron chi connectivity index (χ0n) is 14.3. The summed E-state index contributed by atoms with van der Waals surface area (Å²) in [6.07, 6.45) is -0.801. The first-order valence-electron chi connectivity index (χ1n) is 8.68. The third-order valence-electron chi connectivity index (χ3n) is 5.12. The highest BCUT2D eigenvalue weighted by atomic mass is 16.5. The van der Waals surface area contributed by atoms with Gasteiger partial charge in [-0.05, 0) is 22.3 Å². The number of ether oxygens (including phenoxy) is 1.